The van der Waals surface area contributed by atoms with E-state index in [1.807, 2.05) is 6.92 Å². The summed E-state index contributed by atoms with van der Waals surface area (Å²) in [7, 11) is 0. The molecule has 0 aromatic heterocycles. The predicted molar refractivity (Wildman–Crippen MR) is 101 cm³/mol. The molecule has 0 fully saturated rings. The Morgan fingerprint density at radius 3 is 2.35 bits per heavy atom. The first-order chi connectivity index (χ1) is 12.1. The third-order valence-corrected chi connectivity index (χ3v) is 4.66. The van der Waals surface area contributed by atoms with Crippen molar-refractivity contribution in [3.8, 4) is 0 Å². The molecule has 0 aromatic carbocycles. The molecule has 0 radical (unpaired) electrons. The molecule has 9 heteroatoms. The lowest BCUT2D eigenvalue weighted by atomic mass is 9.87. The smallest absolute Gasteiger partial charge is 0.249 e. The predicted octanol–water partition coefficient (Wildman–Crippen LogP) is -0.201. The van der Waals surface area contributed by atoms with Gasteiger partial charge < -0.3 is 26.0 Å². The van der Waals surface area contributed by atoms with E-state index in [2.05, 4.69) is 10.6 Å². The molecule has 8 nitrogen and oxygen atoms in total. The average Bonchev–Trinajstić information content (AvgIpc) is 2.58. The highest BCUT2D eigenvalue weighted by Crippen LogP contribution is 2.19. The van der Waals surface area contributed by atoms with E-state index >= 15 is 0 Å². The number of aliphatic hydroxyl groups excluding tert-OH is 3. The van der Waals surface area contributed by atoms with E-state index in [0.29, 0.717) is 18.7 Å². The lowest BCUT2D eigenvalue weighted by Gasteiger charge is -2.27. The Labute approximate surface area is 159 Å². The van der Waals surface area contributed by atoms with Gasteiger partial charge in [0.15, 0.2) is 5.12 Å². The highest BCUT2D eigenvalue weighted by Gasteiger charge is 2.32. The molecular weight excluding hydrogens is 360 g/mol. The first-order valence-electron chi connectivity index (χ1n) is 8.81. The highest BCUT2D eigenvalue weighted by molar-refractivity contribution is 8.13. The number of rotatable bonds is 13. The van der Waals surface area contributed by atoms with Crippen LogP contribution < -0.4 is 10.6 Å². The summed E-state index contributed by atoms with van der Waals surface area (Å²) in [6, 6.07) is 0. The van der Waals surface area contributed by atoms with Crippen molar-refractivity contribution in [2.45, 2.75) is 58.7 Å². The number of nitrogens with one attached hydrogen (secondary N) is 2. The SMILES string of the molecule is CCC[C@@H](O)CC(=O)SCCNC(=O)CCNC(=O)[C@H](O)C(C)(C)CO. The molecule has 0 saturated heterocycles. The van der Waals surface area contributed by atoms with Gasteiger partial charge in [-0.25, -0.2) is 0 Å². The Balaban J connectivity index is 3.84. The molecule has 0 aromatic rings. The van der Waals surface area contributed by atoms with Gasteiger partial charge >= 0.3 is 0 Å². The summed E-state index contributed by atoms with van der Waals surface area (Å²) >= 11 is 1.07. The van der Waals surface area contributed by atoms with Gasteiger partial charge in [0, 0.05) is 37.1 Å². The fourth-order valence-electron chi connectivity index (χ4n) is 1.97. The summed E-state index contributed by atoms with van der Waals surface area (Å²) < 4.78 is 0. The second kappa shape index (κ2) is 13.1. The zero-order valence-electron chi connectivity index (χ0n) is 15.8. The molecule has 0 saturated carbocycles. The summed E-state index contributed by atoms with van der Waals surface area (Å²) in [4.78, 5) is 35.0. The Kier molecular flexibility index (Phi) is 12.5. The van der Waals surface area contributed by atoms with Crippen LogP contribution in [-0.2, 0) is 14.4 Å². The highest BCUT2D eigenvalue weighted by atomic mass is 32.2. The molecule has 2 amide bonds. The van der Waals surface area contributed by atoms with Crippen LogP contribution in [0.5, 0.6) is 0 Å². The molecule has 0 heterocycles. The quantitative estimate of drug-likeness (QED) is 0.274. The first-order valence-corrected chi connectivity index (χ1v) is 9.79. The molecule has 5 N–H and O–H groups in total. The van der Waals surface area contributed by atoms with E-state index in [0.717, 1.165) is 18.2 Å². The van der Waals surface area contributed by atoms with Gasteiger partial charge in [-0.1, -0.05) is 39.0 Å². The third-order valence-electron chi connectivity index (χ3n) is 3.76. The van der Waals surface area contributed by atoms with Gasteiger partial charge in [-0.15, -0.1) is 0 Å². The minimum absolute atomic E-state index is 0.0475. The third kappa shape index (κ3) is 10.7. The van der Waals surface area contributed by atoms with Crippen LogP contribution in [0.1, 0.15) is 46.5 Å². The van der Waals surface area contributed by atoms with Gasteiger partial charge in [0.05, 0.1) is 12.7 Å². The van der Waals surface area contributed by atoms with Crippen molar-refractivity contribution in [2.75, 3.05) is 25.4 Å². The fourth-order valence-corrected chi connectivity index (χ4v) is 2.71. The minimum atomic E-state index is -1.36. The van der Waals surface area contributed by atoms with E-state index < -0.39 is 23.5 Å². The lowest BCUT2D eigenvalue weighted by molar-refractivity contribution is -0.137. The van der Waals surface area contributed by atoms with E-state index in [1.54, 1.807) is 13.8 Å². The molecule has 0 spiro atoms. The molecule has 0 aliphatic carbocycles. The summed E-state index contributed by atoms with van der Waals surface area (Å²) in [5, 5.41) is 33.4. The Bertz CT molecular complexity index is 459. The number of carbonyl (C=O) groups excluding carboxylic acids is 3. The van der Waals surface area contributed by atoms with E-state index in [1.165, 1.54) is 0 Å². The maximum atomic E-state index is 11.7. The van der Waals surface area contributed by atoms with Crippen molar-refractivity contribution in [1.29, 1.82) is 0 Å². The van der Waals surface area contributed by atoms with E-state index in [4.69, 9.17) is 5.11 Å². The van der Waals surface area contributed by atoms with Crippen LogP contribution in [0.25, 0.3) is 0 Å². The maximum absolute atomic E-state index is 11.7. The van der Waals surface area contributed by atoms with Crippen molar-refractivity contribution in [3.05, 3.63) is 0 Å². The Morgan fingerprint density at radius 1 is 1.12 bits per heavy atom. The molecule has 0 rings (SSSR count). The van der Waals surface area contributed by atoms with Crippen molar-refractivity contribution in [2.24, 2.45) is 5.41 Å². The van der Waals surface area contributed by atoms with Crippen LogP contribution in [0.4, 0.5) is 0 Å². The van der Waals surface area contributed by atoms with Gasteiger partial charge in [0.25, 0.3) is 0 Å². The second-order valence-electron chi connectivity index (χ2n) is 6.81. The second-order valence-corrected chi connectivity index (χ2v) is 7.96. The van der Waals surface area contributed by atoms with Crippen LogP contribution in [-0.4, -0.2) is 69.9 Å². The minimum Gasteiger partial charge on any atom is -0.396 e. The number of aliphatic hydroxyl groups is 3. The molecular formula is C17H32N2O6S. The monoisotopic (exact) mass is 392 g/mol. The van der Waals surface area contributed by atoms with Crippen molar-refractivity contribution < 1.29 is 29.7 Å². The van der Waals surface area contributed by atoms with Gasteiger partial charge in [0.2, 0.25) is 11.8 Å². The zero-order chi connectivity index (χ0) is 20.2. The van der Waals surface area contributed by atoms with Crippen LogP contribution in [0, 0.1) is 5.41 Å². The van der Waals surface area contributed by atoms with Crippen LogP contribution in [0.15, 0.2) is 0 Å². The molecule has 0 bridgehead atoms. The van der Waals surface area contributed by atoms with Crippen molar-refractivity contribution in [1.82, 2.24) is 10.6 Å². The Hall–Kier alpha value is -1.16. The lowest BCUT2D eigenvalue weighted by Crippen LogP contribution is -2.46. The molecule has 2 atom stereocenters. The first kappa shape index (κ1) is 24.8. The number of hydrogen-bond donors (Lipinski definition) is 5. The van der Waals surface area contributed by atoms with Gasteiger partial charge in [-0.2, -0.15) is 0 Å². The number of carbonyl (C=O) groups is 3. The van der Waals surface area contributed by atoms with Gasteiger partial charge in [-0.3, -0.25) is 14.4 Å². The van der Waals surface area contributed by atoms with Crippen molar-refractivity contribution in [3.63, 3.8) is 0 Å². The average molecular weight is 393 g/mol. The summed E-state index contributed by atoms with van der Waals surface area (Å²) in [6.45, 7) is 5.10. The summed E-state index contributed by atoms with van der Waals surface area (Å²) in [6.07, 6.45) is -0.388. The van der Waals surface area contributed by atoms with Gasteiger partial charge in [-0.05, 0) is 6.42 Å². The number of hydrogen-bond acceptors (Lipinski definition) is 7. The van der Waals surface area contributed by atoms with E-state index in [-0.39, 0.29) is 37.0 Å². The number of amides is 2. The van der Waals surface area contributed by atoms with Gasteiger partial charge in [0.1, 0.15) is 6.10 Å². The van der Waals surface area contributed by atoms with Crippen LogP contribution >= 0.6 is 11.8 Å². The summed E-state index contributed by atoms with van der Waals surface area (Å²) in [5.41, 5.74) is -0.958. The molecule has 0 unspecified atom stereocenters. The topological polar surface area (TPSA) is 136 Å². The van der Waals surface area contributed by atoms with E-state index in [9.17, 15) is 24.6 Å². The fraction of sp³-hybridized carbons (Fsp3) is 0.824. The zero-order valence-corrected chi connectivity index (χ0v) is 16.6. The standard InChI is InChI=1S/C17H32N2O6S/c1-4-5-12(21)10-14(23)26-9-8-18-13(22)6-7-19-16(25)15(24)17(2,3)11-20/h12,15,20-21,24H,4-11H2,1-3H3,(H,18,22)(H,19,25)/t12-,15+/m1/s1. The Morgan fingerprint density at radius 2 is 1.77 bits per heavy atom. The molecule has 0 aliphatic rings. The normalized spacial score (nSPS) is 13.8. The number of thioether (sulfide) groups is 1. The van der Waals surface area contributed by atoms with Crippen molar-refractivity contribution >= 4 is 28.7 Å². The molecule has 26 heavy (non-hydrogen) atoms. The maximum Gasteiger partial charge on any atom is 0.249 e. The molecule has 0 aliphatic heterocycles. The summed E-state index contributed by atoms with van der Waals surface area (Å²) in [5.74, 6) is -0.497. The van der Waals surface area contributed by atoms with Crippen LogP contribution in [0.3, 0.4) is 0 Å². The van der Waals surface area contributed by atoms with Crippen LogP contribution in [0.2, 0.25) is 0 Å². The molecule has 152 valence electrons. The largest absolute Gasteiger partial charge is 0.396 e.